The first-order valence-corrected chi connectivity index (χ1v) is 8.98. The molecule has 27 heavy (non-hydrogen) atoms. The fourth-order valence-corrected chi connectivity index (χ4v) is 2.95. The number of piperazine rings is 1. The molecule has 0 radical (unpaired) electrons. The highest BCUT2D eigenvalue weighted by Gasteiger charge is 2.40. The molecular formula is C19H24N6O2. The van der Waals surface area contributed by atoms with Crippen molar-refractivity contribution in [1.29, 1.82) is 0 Å². The van der Waals surface area contributed by atoms with Crippen molar-refractivity contribution in [2.75, 3.05) is 31.1 Å². The molecule has 0 aliphatic carbocycles. The summed E-state index contributed by atoms with van der Waals surface area (Å²) in [6, 6.07) is 7.29. The summed E-state index contributed by atoms with van der Waals surface area (Å²) in [5, 5.41) is 2.81. The summed E-state index contributed by atoms with van der Waals surface area (Å²) in [4.78, 5) is 41.9. The first-order valence-electron chi connectivity index (χ1n) is 8.98. The summed E-state index contributed by atoms with van der Waals surface area (Å²) in [7, 11) is 0. The summed E-state index contributed by atoms with van der Waals surface area (Å²) >= 11 is 0. The lowest BCUT2D eigenvalue weighted by Gasteiger charge is -2.38. The Bertz CT molecular complexity index is 773. The summed E-state index contributed by atoms with van der Waals surface area (Å²) in [6.45, 7) is 5.98. The van der Waals surface area contributed by atoms with Gasteiger partial charge in [0.2, 0.25) is 17.8 Å². The van der Waals surface area contributed by atoms with E-state index < -0.39 is 5.41 Å². The predicted molar refractivity (Wildman–Crippen MR) is 101 cm³/mol. The molecule has 0 atom stereocenters. The van der Waals surface area contributed by atoms with E-state index in [4.69, 9.17) is 0 Å². The number of amides is 2. The van der Waals surface area contributed by atoms with Gasteiger partial charge in [0.05, 0.1) is 12.2 Å². The average Bonchev–Trinajstić information content (AvgIpc) is 2.73. The summed E-state index contributed by atoms with van der Waals surface area (Å²) < 4.78 is 0. The molecule has 8 nitrogen and oxygen atoms in total. The Morgan fingerprint density at radius 3 is 2.30 bits per heavy atom. The summed E-state index contributed by atoms with van der Waals surface area (Å²) in [5.41, 5.74) is -0.384. The molecule has 2 aromatic rings. The zero-order valence-corrected chi connectivity index (χ0v) is 15.6. The van der Waals surface area contributed by atoms with Crippen LogP contribution in [-0.2, 0) is 16.1 Å². The van der Waals surface area contributed by atoms with E-state index in [2.05, 4.69) is 20.3 Å². The number of hydrogen-bond acceptors (Lipinski definition) is 6. The molecule has 0 saturated carbocycles. The van der Waals surface area contributed by atoms with E-state index in [0.717, 1.165) is 5.69 Å². The van der Waals surface area contributed by atoms with Gasteiger partial charge in [0.25, 0.3) is 0 Å². The van der Waals surface area contributed by atoms with Crippen LogP contribution in [0.5, 0.6) is 0 Å². The Morgan fingerprint density at radius 2 is 1.67 bits per heavy atom. The zero-order valence-electron chi connectivity index (χ0n) is 15.6. The minimum Gasteiger partial charge on any atom is -0.350 e. The van der Waals surface area contributed by atoms with Crippen molar-refractivity contribution in [2.45, 2.75) is 20.4 Å². The molecule has 1 saturated heterocycles. The van der Waals surface area contributed by atoms with Gasteiger partial charge in [-0.3, -0.25) is 14.6 Å². The molecule has 1 aliphatic heterocycles. The molecule has 8 heteroatoms. The van der Waals surface area contributed by atoms with Crippen LogP contribution in [0.4, 0.5) is 5.95 Å². The van der Waals surface area contributed by atoms with Crippen LogP contribution in [0.3, 0.4) is 0 Å². The molecule has 3 rings (SSSR count). The Hall–Kier alpha value is -3.03. The van der Waals surface area contributed by atoms with Crippen LogP contribution in [0.25, 0.3) is 0 Å². The molecule has 1 aliphatic rings. The first-order chi connectivity index (χ1) is 13.0. The van der Waals surface area contributed by atoms with Crippen molar-refractivity contribution in [1.82, 2.24) is 25.2 Å². The molecule has 2 amide bonds. The number of rotatable bonds is 5. The maximum Gasteiger partial charge on any atom is 0.237 e. The van der Waals surface area contributed by atoms with Crippen LogP contribution < -0.4 is 10.2 Å². The van der Waals surface area contributed by atoms with Crippen LogP contribution in [0.2, 0.25) is 0 Å². The van der Waals surface area contributed by atoms with Gasteiger partial charge in [-0.05, 0) is 32.0 Å². The number of nitrogens with one attached hydrogen (secondary N) is 1. The zero-order chi connectivity index (χ0) is 19.3. The first kappa shape index (κ1) is 18.8. The van der Waals surface area contributed by atoms with Gasteiger partial charge in [0.1, 0.15) is 5.41 Å². The highest BCUT2D eigenvalue weighted by atomic mass is 16.2. The average molecular weight is 368 g/mol. The van der Waals surface area contributed by atoms with Crippen LogP contribution in [0.15, 0.2) is 42.9 Å². The topological polar surface area (TPSA) is 91.3 Å². The van der Waals surface area contributed by atoms with Crippen molar-refractivity contribution >= 4 is 17.8 Å². The minimum atomic E-state index is -1.14. The Labute approximate surface area is 158 Å². The lowest BCUT2D eigenvalue weighted by molar-refractivity contribution is -0.148. The standard InChI is InChI=1S/C19H24N6O2/c1-19(2,16(26)23-14-15-6-3-4-7-20-15)17(27)24-10-12-25(13-11-24)18-21-8-5-9-22-18/h3-9H,10-14H2,1-2H3,(H,23,26). The molecule has 142 valence electrons. The second kappa shape index (κ2) is 8.11. The fourth-order valence-electron chi connectivity index (χ4n) is 2.95. The molecule has 0 bridgehead atoms. The van der Waals surface area contributed by atoms with Gasteiger partial charge in [-0.25, -0.2) is 9.97 Å². The molecule has 0 spiro atoms. The summed E-state index contributed by atoms with van der Waals surface area (Å²) in [6.07, 6.45) is 5.08. The van der Waals surface area contributed by atoms with E-state index >= 15 is 0 Å². The number of hydrogen-bond donors (Lipinski definition) is 1. The molecule has 2 aromatic heterocycles. The van der Waals surface area contributed by atoms with Crippen LogP contribution in [-0.4, -0.2) is 57.8 Å². The van der Waals surface area contributed by atoms with Crippen molar-refractivity contribution in [3.63, 3.8) is 0 Å². The SMILES string of the molecule is CC(C)(C(=O)NCc1ccccn1)C(=O)N1CCN(c2ncccn2)CC1. The highest BCUT2D eigenvalue weighted by molar-refractivity contribution is 6.04. The summed E-state index contributed by atoms with van der Waals surface area (Å²) in [5.74, 6) is 0.193. The van der Waals surface area contributed by atoms with Gasteiger partial charge in [0.15, 0.2) is 0 Å². The molecular weight excluding hydrogens is 344 g/mol. The Morgan fingerprint density at radius 1 is 1.00 bits per heavy atom. The monoisotopic (exact) mass is 368 g/mol. The third-order valence-electron chi connectivity index (χ3n) is 4.66. The van der Waals surface area contributed by atoms with E-state index in [-0.39, 0.29) is 11.8 Å². The van der Waals surface area contributed by atoms with E-state index in [1.807, 2.05) is 23.1 Å². The lowest BCUT2D eigenvalue weighted by atomic mass is 9.90. The Kier molecular flexibility index (Phi) is 5.63. The van der Waals surface area contributed by atoms with Gasteiger partial charge < -0.3 is 15.1 Å². The smallest absolute Gasteiger partial charge is 0.237 e. The second-order valence-electron chi connectivity index (χ2n) is 6.96. The van der Waals surface area contributed by atoms with Gasteiger partial charge in [-0.15, -0.1) is 0 Å². The van der Waals surface area contributed by atoms with Crippen LogP contribution >= 0.6 is 0 Å². The number of aromatic nitrogens is 3. The van der Waals surface area contributed by atoms with E-state index in [1.54, 1.807) is 43.4 Å². The number of pyridine rings is 1. The van der Waals surface area contributed by atoms with Crippen molar-refractivity contribution in [3.8, 4) is 0 Å². The number of carbonyl (C=O) groups is 2. The minimum absolute atomic E-state index is 0.172. The van der Waals surface area contributed by atoms with E-state index in [9.17, 15) is 9.59 Å². The van der Waals surface area contributed by atoms with Crippen molar-refractivity contribution in [3.05, 3.63) is 48.5 Å². The quantitative estimate of drug-likeness (QED) is 0.787. The maximum atomic E-state index is 12.9. The predicted octanol–water partition coefficient (Wildman–Crippen LogP) is 0.863. The van der Waals surface area contributed by atoms with E-state index in [1.165, 1.54) is 0 Å². The second-order valence-corrected chi connectivity index (χ2v) is 6.96. The van der Waals surface area contributed by atoms with Crippen LogP contribution in [0, 0.1) is 5.41 Å². The fraction of sp³-hybridized carbons (Fsp3) is 0.421. The number of nitrogens with zero attached hydrogens (tertiary/aromatic N) is 5. The third-order valence-corrected chi connectivity index (χ3v) is 4.66. The molecule has 0 aromatic carbocycles. The third kappa shape index (κ3) is 4.39. The number of anilines is 1. The molecule has 1 fully saturated rings. The Balaban J connectivity index is 1.55. The number of carbonyl (C=O) groups excluding carboxylic acids is 2. The molecule has 3 heterocycles. The molecule has 1 N–H and O–H groups in total. The maximum absolute atomic E-state index is 12.9. The van der Waals surface area contributed by atoms with Gasteiger partial charge in [-0.1, -0.05) is 6.07 Å². The van der Waals surface area contributed by atoms with E-state index in [0.29, 0.717) is 38.7 Å². The lowest BCUT2D eigenvalue weighted by Crippen LogP contribution is -2.55. The van der Waals surface area contributed by atoms with Gasteiger partial charge >= 0.3 is 0 Å². The molecule has 0 unspecified atom stereocenters. The normalized spacial score (nSPS) is 14.7. The van der Waals surface area contributed by atoms with Gasteiger partial charge in [-0.2, -0.15) is 0 Å². The van der Waals surface area contributed by atoms with Crippen molar-refractivity contribution in [2.24, 2.45) is 5.41 Å². The van der Waals surface area contributed by atoms with Gasteiger partial charge in [0, 0.05) is 44.8 Å². The van der Waals surface area contributed by atoms with Crippen LogP contribution in [0.1, 0.15) is 19.5 Å². The highest BCUT2D eigenvalue weighted by Crippen LogP contribution is 2.21. The largest absolute Gasteiger partial charge is 0.350 e. The van der Waals surface area contributed by atoms with Crippen molar-refractivity contribution < 1.29 is 9.59 Å².